The van der Waals surface area contributed by atoms with Gasteiger partial charge in [-0.3, -0.25) is 0 Å². The first-order chi connectivity index (χ1) is 7.99. The van der Waals surface area contributed by atoms with Gasteiger partial charge in [0.1, 0.15) is 0 Å². The topological polar surface area (TPSA) is 12.0 Å². The van der Waals surface area contributed by atoms with E-state index in [-0.39, 0.29) is 11.5 Å². The van der Waals surface area contributed by atoms with Crippen molar-refractivity contribution in [3.8, 4) is 0 Å². The molecule has 17 heavy (non-hydrogen) atoms. The molecule has 0 aliphatic carbocycles. The van der Waals surface area contributed by atoms with Crippen LogP contribution in [0.25, 0.3) is 0 Å². The molecule has 0 radical (unpaired) electrons. The Morgan fingerprint density at radius 2 is 1.88 bits per heavy atom. The van der Waals surface area contributed by atoms with Gasteiger partial charge < -0.3 is 5.32 Å². The zero-order valence-electron chi connectivity index (χ0n) is 9.99. The lowest BCUT2D eigenvalue weighted by Gasteiger charge is -2.34. The Bertz CT molecular complexity index is 423. The molecule has 0 saturated carbocycles. The minimum absolute atomic E-state index is 0.115. The summed E-state index contributed by atoms with van der Waals surface area (Å²) in [5.41, 5.74) is -0.331. The van der Waals surface area contributed by atoms with Crippen LogP contribution >= 0.6 is 0 Å². The van der Waals surface area contributed by atoms with E-state index in [1.54, 1.807) is 0 Å². The van der Waals surface area contributed by atoms with Gasteiger partial charge >= 0.3 is 0 Å². The van der Waals surface area contributed by atoms with Crippen LogP contribution in [0.5, 0.6) is 0 Å². The van der Waals surface area contributed by atoms with Gasteiger partial charge in [-0.25, -0.2) is 13.2 Å². The van der Waals surface area contributed by atoms with Gasteiger partial charge in [0.2, 0.25) is 0 Å². The van der Waals surface area contributed by atoms with Crippen molar-refractivity contribution >= 4 is 0 Å². The quantitative estimate of drug-likeness (QED) is 0.785. The number of benzene rings is 1. The lowest BCUT2D eigenvalue weighted by molar-refractivity contribution is 0.262. The van der Waals surface area contributed by atoms with E-state index in [0.717, 1.165) is 25.5 Å². The lowest BCUT2D eigenvalue weighted by atomic mass is 9.78. The summed E-state index contributed by atoms with van der Waals surface area (Å²) in [6.07, 6.45) is 1.66. The average Bonchev–Trinajstić information content (AvgIpc) is 2.76. The predicted octanol–water partition coefficient (Wildman–Crippen LogP) is 3.34. The van der Waals surface area contributed by atoms with Crippen LogP contribution in [0, 0.1) is 23.4 Å². The summed E-state index contributed by atoms with van der Waals surface area (Å²) < 4.78 is 40.1. The van der Waals surface area contributed by atoms with Crippen LogP contribution in [-0.2, 0) is 5.54 Å². The Morgan fingerprint density at radius 3 is 2.41 bits per heavy atom. The van der Waals surface area contributed by atoms with E-state index in [1.807, 2.05) is 13.8 Å². The SMILES string of the molecule is CC(C)C1(c2ccc(F)c(F)c2F)CCCN1. The molecule has 1 heterocycles. The minimum Gasteiger partial charge on any atom is -0.307 e. The van der Waals surface area contributed by atoms with Crippen LogP contribution < -0.4 is 5.32 Å². The van der Waals surface area contributed by atoms with Crippen LogP contribution in [0.1, 0.15) is 32.3 Å². The third kappa shape index (κ3) is 1.84. The van der Waals surface area contributed by atoms with Gasteiger partial charge in [0.15, 0.2) is 17.5 Å². The lowest BCUT2D eigenvalue weighted by Crippen LogP contribution is -2.42. The maximum Gasteiger partial charge on any atom is 0.194 e. The number of hydrogen-bond acceptors (Lipinski definition) is 1. The summed E-state index contributed by atoms with van der Waals surface area (Å²) in [6, 6.07) is 2.35. The largest absolute Gasteiger partial charge is 0.307 e. The summed E-state index contributed by atoms with van der Waals surface area (Å²) in [5, 5.41) is 3.24. The van der Waals surface area contributed by atoms with Crippen LogP contribution in [0.15, 0.2) is 12.1 Å². The van der Waals surface area contributed by atoms with Crippen molar-refractivity contribution in [2.75, 3.05) is 6.54 Å². The summed E-state index contributed by atoms with van der Waals surface area (Å²) in [5.74, 6) is -3.46. The fourth-order valence-electron chi connectivity index (χ4n) is 2.67. The first kappa shape index (κ1) is 12.4. The first-order valence-electron chi connectivity index (χ1n) is 5.88. The van der Waals surface area contributed by atoms with E-state index in [0.29, 0.717) is 0 Å². The Labute approximate surface area is 99.0 Å². The van der Waals surface area contributed by atoms with Crippen molar-refractivity contribution < 1.29 is 13.2 Å². The summed E-state index contributed by atoms with van der Waals surface area (Å²) >= 11 is 0. The first-order valence-corrected chi connectivity index (χ1v) is 5.88. The molecule has 0 bridgehead atoms. The van der Waals surface area contributed by atoms with Gasteiger partial charge in [-0.1, -0.05) is 19.9 Å². The molecule has 2 rings (SSSR count). The second-order valence-electron chi connectivity index (χ2n) is 4.88. The van der Waals surface area contributed by atoms with Crippen molar-refractivity contribution in [2.24, 2.45) is 5.92 Å². The fourth-order valence-corrected chi connectivity index (χ4v) is 2.67. The van der Waals surface area contributed by atoms with Gasteiger partial charge in [-0.2, -0.15) is 0 Å². The third-order valence-corrected chi connectivity index (χ3v) is 3.69. The molecule has 0 amide bonds. The average molecular weight is 243 g/mol. The second kappa shape index (κ2) is 4.33. The maximum atomic E-state index is 13.9. The summed E-state index contributed by atoms with van der Waals surface area (Å²) in [4.78, 5) is 0. The molecule has 1 aromatic carbocycles. The highest BCUT2D eigenvalue weighted by Gasteiger charge is 2.41. The molecule has 0 aromatic heterocycles. The van der Waals surface area contributed by atoms with Crippen LogP contribution in [0.3, 0.4) is 0 Å². The van der Waals surface area contributed by atoms with E-state index in [4.69, 9.17) is 0 Å². The molecule has 1 aliphatic heterocycles. The standard InChI is InChI=1S/C13H16F3N/c1-8(2)13(6-3-7-17-13)9-4-5-10(14)12(16)11(9)15/h4-5,8,17H,3,6-7H2,1-2H3. The number of rotatable bonds is 2. The number of halogens is 3. The molecule has 1 fully saturated rings. The Morgan fingerprint density at radius 1 is 1.18 bits per heavy atom. The predicted molar refractivity (Wildman–Crippen MR) is 60.1 cm³/mol. The van der Waals surface area contributed by atoms with Crippen LogP contribution in [0.4, 0.5) is 13.2 Å². The fraction of sp³-hybridized carbons (Fsp3) is 0.538. The monoisotopic (exact) mass is 243 g/mol. The van der Waals surface area contributed by atoms with Gasteiger partial charge in [0.05, 0.1) is 0 Å². The summed E-state index contributed by atoms with van der Waals surface area (Å²) in [7, 11) is 0. The second-order valence-corrected chi connectivity index (χ2v) is 4.88. The third-order valence-electron chi connectivity index (χ3n) is 3.69. The molecule has 4 heteroatoms. The minimum atomic E-state index is -1.38. The molecule has 1 saturated heterocycles. The summed E-state index contributed by atoms with van der Waals surface area (Å²) in [6.45, 7) is 4.69. The van der Waals surface area contributed by atoms with Crippen molar-refractivity contribution in [1.82, 2.24) is 5.32 Å². The Balaban J connectivity index is 2.55. The molecular formula is C13H16F3N. The smallest absolute Gasteiger partial charge is 0.194 e. The molecule has 1 aromatic rings. The zero-order chi connectivity index (χ0) is 12.6. The van der Waals surface area contributed by atoms with E-state index < -0.39 is 23.0 Å². The molecule has 1 unspecified atom stereocenters. The molecular weight excluding hydrogens is 227 g/mol. The highest BCUT2D eigenvalue weighted by Crippen LogP contribution is 2.39. The van der Waals surface area contributed by atoms with Crippen molar-refractivity contribution in [2.45, 2.75) is 32.2 Å². The normalized spacial score (nSPS) is 24.6. The Hall–Kier alpha value is -1.03. The van der Waals surface area contributed by atoms with Crippen LogP contribution in [-0.4, -0.2) is 6.54 Å². The molecule has 94 valence electrons. The van der Waals surface area contributed by atoms with Gasteiger partial charge in [-0.15, -0.1) is 0 Å². The van der Waals surface area contributed by atoms with Crippen molar-refractivity contribution in [3.05, 3.63) is 35.1 Å². The highest BCUT2D eigenvalue weighted by atomic mass is 19.2. The molecule has 1 atom stereocenters. The van der Waals surface area contributed by atoms with E-state index in [1.165, 1.54) is 6.07 Å². The number of hydrogen-bond donors (Lipinski definition) is 1. The molecule has 1 aliphatic rings. The number of nitrogens with one attached hydrogen (secondary N) is 1. The maximum absolute atomic E-state index is 13.9. The highest BCUT2D eigenvalue weighted by molar-refractivity contribution is 5.30. The van der Waals surface area contributed by atoms with E-state index >= 15 is 0 Å². The van der Waals surface area contributed by atoms with Crippen molar-refractivity contribution in [3.63, 3.8) is 0 Å². The van der Waals surface area contributed by atoms with Crippen LogP contribution in [0.2, 0.25) is 0 Å². The van der Waals surface area contributed by atoms with E-state index in [9.17, 15) is 13.2 Å². The molecule has 0 spiro atoms. The van der Waals surface area contributed by atoms with Gasteiger partial charge in [0, 0.05) is 11.1 Å². The van der Waals surface area contributed by atoms with Gasteiger partial charge in [-0.05, 0) is 31.4 Å². The Kier molecular flexibility index (Phi) is 3.17. The van der Waals surface area contributed by atoms with Crippen molar-refractivity contribution in [1.29, 1.82) is 0 Å². The molecule has 1 nitrogen and oxygen atoms in total. The van der Waals surface area contributed by atoms with E-state index in [2.05, 4.69) is 5.32 Å². The van der Waals surface area contributed by atoms with Gasteiger partial charge in [0.25, 0.3) is 0 Å². The molecule has 1 N–H and O–H groups in total. The zero-order valence-corrected chi connectivity index (χ0v) is 9.99.